The Kier molecular flexibility index (Phi) is 4.45. The quantitative estimate of drug-likeness (QED) is 0.466. The lowest BCUT2D eigenvalue weighted by atomic mass is 9.84. The predicted octanol–water partition coefficient (Wildman–Crippen LogP) is 1.74. The Balaban J connectivity index is 2.23. The average Bonchev–Trinajstić information content (AvgIpc) is 2.38. The third kappa shape index (κ3) is 3.30. The van der Waals surface area contributed by atoms with Gasteiger partial charge in [-0.15, -0.1) is 0 Å². The van der Waals surface area contributed by atoms with Crippen LogP contribution in [0.4, 0.5) is 11.4 Å². The fourth-order valence-corrected chi connectivity index (χ4v) is 4.48. The minimum Gasteiger partial charge on any atom is -0.398 e. The molecule has 9 heteroatoms. The lowest BCUT2D eigenvalue weighted by Crippen LogP contribution is -2.45. The summed E-state index contributed by atoms with van der Waals surface area (Å²) in [6.07, 6.45) is 4.96. The van der Waals surface area contributed by atoms with E-state index in [2.05, 4.69) is 4.72 Å². The summed E-state index contributed by atoms with van der Waals surface area (Å²) in [4.78, 5) is 9.87. The zero-order valence-corrected chi connectivity index (χ0v) is 13.2. The summed E-state index contributed by atoms with van der Waals surface area (Å²) < 4.78 is 27.1. The summed E-state index contributed by atoms with van der Waals surface area (Å²) in [5.41, 5.74) is 5.35. The molecule has 21 heavy (non-hydrogen) atoms. The number of nitrogens with one attached hydrogen (secondary N) is 1. The highest BCUT2D eigenvalue weighted by Crippen LogP contribution is 2.42. The van der Waals surface area contributed by atoms with Gasteiger partial charge < -0.3 is 5.73 Å². The number of nitrogens with two attached hydrogens (primary N) is 1. The molecular weight excluding hydrogens is 314 g/mol. The number of benzene rings is 1. The van der Waals surface area contributed by atoms with Crippen LogP contribution >= 0.6 is 11.8 Å². The van der Waals surface area contributed by atoms with Gasteiger partial charge in [-0.25, -0.2) is 13.1 Å². The molecular formula is C12H17N3O4S2. The highest BCUT2D eigenvalue weighted by atomic mass is 32.2. The maximum Gasteiger partial charge on any atom is 0.270 e. The molecule has 116 valence electrons. The Labute approximate surface area is 127 Å². The second kappa shape index (κ2) is 5.82. The van der Waals surface area contributed by atoms with Crippen LogP contribution in [-0.4, -0.2) is 30.9 Å². The van der Waals surface area contributed by atoms with E-state index in [1.807, 2.05) is 6.26 Å². The largest absolute Gasteiger partial charge is 0.398 e. The number of anilines is 1. The average molecular weight is 331 g/mol. The standard InChI is InChI=1S/C12H17N3O4S2/c1-20-12(5-2-6-12)8-14-21(18,19)11-7-9(15(16)17)3-4-10(11)13/h3-4,7,14H,2,5-6,8,13H2,1H3. The van der Waals surface area contributed by atoms with Crippen LogP contribution in [0.3, 0.4) is 0 Å². The van der Waals surface area contributed by atoms with Crippen molar-refractivity contribution in [3.8, 4) is 0 Å². The number of nitro benzene ring substituents is 1. The molecule has 0 atom stereocenters. The highest BCUT2D eigenvalue weighted by Gasteiger charge is 2.37. The normalized spacial score (nSPS) is 17.2. The molecule has 1 fully saturated rings. The van der Waals surface area contributed by atoms with Crippen LogP contribution in [0.1, 0.15) is 19.3 Å². The molecule has 1 aromatic rings. The van der Waals surface area contributed by atoms with E-state index in [1.165, 1.54) is 12.1 Å². The Bertz CT molecular complexity index is 651. The Morgan fingerprint density at radius 1 is 1.48 bits per heavy atom. The number of sulfonamides is 1. The fourth-order valence-electron chi connectivity index (χ4n) is 2.20. The monoisotopic (exact) mass is 331 g/mol. The molecule has 1 aromatic carbocycles. The SMILES string of the molecule is CSC1(CNS(=O)(=O)c2cc([N+](=O)[O-])ccc2N)CCC1. The van der Waals surface area contributed by atoms with Crippen molar-refractivity contribution in [3.05, 3.63) is 28.3 Å². The topological polar surface area (TPSA) is 115 Å². The van der Waals surface area contributed by atoms with Gasteiger partial charge in [0.2, 0.25) is 10.0 Å². The molecule has 0 bridgehead atoms. The molecule has 0 saturated heterocycles. The van der Waals surface area contributed by atoms with Crippen molar-refractivity contribution in [2.45, 2.75) is 28.9 Å². The lowest BCUT2D eigenvalue weighted by Gasteiger charge is -2.40. The van der Waals surface area contributed by atoms with Crippen molar-refractivity contribution >= 4 is 33.2 Å². The first-order valence-electron chi connectivity index (χ1n) is 6.38. The lowest BCUT2D eigenvalue weighted by molar-refractivity contribution is -0.385. The molecule has 0 unspecified atom stereocenters. The van der Waals surface area contributed by atoms with E-state index in [-0.39, 0.29) is 21.0 Å². The first-order valence-corrected chi connectivity index (χ1v) is 9.09. The maximum absolute atomic E-state index is 12.3. The molecule has 0 amide bonds. The van der Waals surface area contributed by atoms with Crippen molar-refractivity contribution in [1.29, 1.82) is 0 Å². The van der Waals surface area contributed by atoms with Crippen LogP contribution in [0.2, 0.25) is 0 Å². The van der Waals surface area contributed by atoms with E-state index in [0.717, 1.165) is 25.3 Å². The van der Waals surface area contributed by atoms with Gasteiger partial charge in [0, 0.05) is 23.4 Å². The van der Waals surface area contributed by atoms with Gasteiger partial charge in [0.15, 0.2) is 0 Å². The van der Waals surface area contributed by atoms with Gasteiger partial charge in [0.1, 0.15) is 4.90 Å². The zero-order chi connectivity index (χ0) is 15.7. The Hall–Kier alpha value is -1.32. The van der Waals surface area contributed by atoms with E-state index in [1.54, 1.807) is 11.8 Å². The number of hydrogen-bond donors (Lipinski definition) is 2. The Morgan fingerprint density at radius 3 is 2.62 bits per heavy atom. The molecule has 0 spiro atoms. The molecule has 0 aromatic heterocycles. The second-order valence-electron chi connectivity index (χ2n) is 5.04. The highest BCUT2D eigenvalue weighted by molar-refractivity contribution is 8.00. The van der Waals surface area contributed by atoms with Crippen molar-refractivity contribution in [2.75, 3.05) is 18.5 Å². The third-order valence-corrected chi connectivity index (χ3v) is 6.66. The summed E-state index contributed by atoms with van der Waals surface area (Å²) >= 11 is 1.64. The van der Waals surface area contributed by atoms with Crippen molar-refractivity contribution in [2.24, 2.45) is 0 Å². The molecule has 0 aliphatic heterocycles. The van der Waals surface area contributed by atoms with Gasteiger partial charge in [-0.1, -0.05) is 6.42 Å². The number of nitro groups is 1. The number of nitrogens with zero attached hydrogens (tertiary/aromatic N) is 1. The molecule has 1 aliphatic carbocycles. The molecule has 7 nitrogen and oxygen atoms in total. The van der Waals surface area contributed by atoms with E-state index in [9.17, 15) is 18.5 Å². The van der Waals surface area contributed by atoms with Crippen molar-refractivity contribution < 1.29 is 13.3 Å². The fraction of sp³-hybridized carbons (Fsp3) is 0.500. The van der Waals surface area contributed by atoms with E-state index >= 15 is 0 Å². The van der Waals surface area contributed by atoms with Gasteiger partial charge >= 0.3 is 0 Å². The summed E-state index contributed by atoms with van der Waals surface area (Å²) in [6, 6.07) is 3.41. The van der Waals surface area contributed by atoms with Crippen LogP contribution in [0, 0.1) is 10.1 Å². The van der Waals surface area contributed by atoms with Gasteiger partial charge in [-0.3, -0.25) is 10.1 Å². The number of nitrogen functional groups attached to an aromatic ring is 1. The van der Waals surface area contributed by atoms with Crippen LogP contribution in [0.15, 0.2) is 23.1 Å². The molecule has 0 heterocycles. The number of hydrogen-bond acceptors (Lipinski definition) is 6. The summed E-state index contributed by atoms with van der Waals surface area (Å²) in [5.74, 6) is 0. The first kappa shape index (κ1) is 16.1. The van der Waals surface area contributed by atoms with Crippen LogP contribution < -0.4 is 10.5 Å². The molecule has 1 saturated carbocycles. The van der Waals surface area contributed by atoms with Crippen LogP contribution in [-0.2, 0) is 10.0 Å². The smallest absolute Gasteiger partial charge is 0.270 e. The van der Waals surface area contributed by atoms with E-state index in [4.69, 9.17) is 5.73 Å². The Morgan fingerprint density at radius 2 is 2.14 bits per heavy atom. The molecule has 2 rings (SSSR count). The second-order valence-corrected chi connectivity index (χ2v) is 8.05. The minimum absolute atomic E-state index is 0.0000824. The van der Waals surface area contributed by atoms with Gasteiger partial charge in [0.25, 0.3) is 5.69 Å². The van der Waals surface area contributed by atoms with Gasteiger partial charge in [-0.05, 0) is 25.2 Å². The van der Waals surface area contributed by atoms with Gasteiger partial charge in [-0.2, -0.15) is 11.8 Å². The number of non-ortho nitro benzene ring substituents is 1. The minimum atomic E-state index is -3.86. The van der Waals surface area contributed by atoms with Crippen molar-refractivity contribution in [3.63, 3.8) is 0 Å². The number of thioether (sulfide) groups is 1. The molecule has 3 N–H and O–H groups in total. The van der Waals surface area contributed by atoms with Crippen molar-refractivity contribution in [1.82, 2.24) is 4.72 Å². The van der Waals surface area contributed by atoms with E-state index < -0.39 is 14.9 Å². The van der Waals surface area contributed by atoms with Crippen LogP contribution in [0.25, 0.3) is 0 Å². The summed E-state index contributed by atoms with van der Waals surface area (Å²) in [7, 11) is -3.86. The maximum atomic E-state index is 12.3. The molecule has 0 radical (unpaired) electrons. The molecule has 1 aliphatic rings. The van der Waals surface area contributed by atoms with Crippen LogP contribution in [0.5, 0.6) is 0 Å². The first-order chi connectivity index (χ1) is 9.80. The van der Waals surface area contributed by atoms with Gasteiger partial charge in [0.05, 0.1) is 10.6 Å². The third-order valence-electron chi connectivity index (χ3n) is 3.78. The van der Waals surface area contributed by atoms with E-state index in [0.29, 0.717) is 6.54 Å². The predicted molar refractivity (Wildman–Crippen MR) is 82.8 cm³/mol. The number of rotatable bonds is 6. The summed E-state index contributed by atoms with van der Waals surface area (Å²) in [6.45, 7) is 0.304. The summed E-state index contributed by atoms with van der Waals surface area (Å²) in [5, 5.41) is 10.8. The zero-order valence-electron chi connectivity index (χ0n) is 11.5.